The van der Waals surface area contributed by atoms with Crippen LogP contribution >= 0.6 is 0 Å². The standard InChI is InChI=1S/C59H86O6Si2/c1-10-11-12-16-31-42-59(60-46-47-61-59)43-32-17-14-13-15-22-33-50-48-62-57(8,9)65-58(50,49-64-67(56(5,6)7,53-38-27-20-28-39-53)54-40-29-21-30-41-54)44-45-63-66(55(2,3)4,51-34-23-18-24-35-51)52-36-25-19-26-37-52/h18-30,33-41,50H,10-17,31-32,42-49H2,1-9H3/b33-22+/t50-,58?/m1/s1. The predicted molar refractivity (Wildman–Crippen MR) is 284 cm³/mol. The van der Waals surface area contributed by atoms with Gasteiger partial charge in [-0.25, -0.2) is 0 Å². The summed E-state index contributed by atoms with van der Waals surface area (Å²) in [5, 5.41) is 4.71. The molecule has 0 bridgehead atoms. The van der Waals surface area contributed by atoms with E-state index in [1.54, 1.807) is 0 Å². The van der Waals surface area contributed by atoms with Gasteiger partial charge in [0.1, 0.15) is 5.60 Å². The number of ether oxygens (including phenoxy) is 4. The van der Waals surface area contributed by atoms with Crippen LogP contribution in [0.2, 0.25) is 10.1 Å². The third-order valence-corrected chi connectivity index (χ3v) is 24.5. The molecular weight excluding hydrogens is 861 g/mol. The molecule has 0 N–H and O–H groups in total. The first-order chi connectivity index (χ1) is 32.1. The first-order valence-electron chi connectivity index (χ1n) is 25.9. The molecule has 0 radical (unpaired) electrons. The molecule has 4 aromatic carbocycles. The van der Waals surface area contributed by atoms with E-state index in [0.717, 1.165) is 45.3 Å². The van der Waals surface area contributed by atoms with Crippen molar-refractivity contribution in [3.8, 4) is 0 Å². The van der Waals surface area contributed by atoms with Crippen molar-refractivity contribution in [2.75, 3.05) is 33.0 Å². The number of allylic oxidation sites excluding steroid dienone is 1. The molecule has 366 valence electrons. The maximum Gasteiger partial charge on any atom is 0.261 e. The number of unbranched alkanes of at least 4 members (excludes halogenated alkanes) is 8. The Hall–Kier alpha value is -3.19. The van der Waals surface area contributed by atoms with Crippen molar-refractivity contribution in [1.29, 1.82) is 0 Å². The van der Waals surface area contributed by atoms with Gasteiger partial charge in [0, 0.05) is 31.8 Å². The second kappa shape index (κ2) is 24.1. The van der Waals surface area contributed by atoms with E-state index in [9.17, 15) is 0 Å². The van der Waals surface area contributed by atoms with Crippen LogP contribution in [0.1, 0.15) is 146 Å². The molecule has 2 aliphatic rings. The number of rotatable bonds is 25. The highest BCUT2D eigenvalue weighted by molar-refractivity contribution is 7.00. The van der Waals surface area contributed by atoms with Gasteiger partial charge in [-0.05, 0) is 70.4 Å². The average Bonchev–Trinajstić information content (AvgIpc) is 3.78. The quantitative estimate of drug-likeness (QED) is 0.0375. The minimum Gasteiger partial charge on any atom is -0.407 e. The van der Waals surface area contributed by atoms with Crippen LogP contribution in [-0.2, 0) is 27.8 Å². The largest absolute Gasteiger partial charge is 0.407 e. The number of hydrogen-bond donors (Lipinski definition) is 0. The number of hydrogen-bond acceptors (Lipinski definition) is 6. The van der Waals surface area contributed by atoms with Crippen molar-refractivity contribution in [2.24, 2.45) is 5.92 Å². The van der Waals surface area contributed by atoms with Crippen molar-refractivity contribution in [1.82, 2.24) is 0 Å². The zero-order valence-corrected chi connectivity index (χ0v) is 45.0. The minimum absolute atomic E-state index is 0.0599. The molecule has 8 heteroatoms. The van der Waals surface area contributed by atoms with Gasteiger partial charge in [0.25, 0.3) is 16.6 Å². The van der Waals surface area contributed by atoms with Crippen LogP contribution in [0.3, 0.4) is 0 Å². The first kappa shape index (κ1) is 53.2. The normalized spacial score (nSPS) is 20.1. The summed E-state index contributed by atoms with van der Waals surface area (Å²) in [6.07, 6.45) is 19.4. The minimum atomic E-state index is -2.95. The van der Waals surface area contributed by atoms with E-state index in [1.165, 1.54) is 65.7 Å². The van der Waals surface area contributed by atoms with Crippen molar-refractivity contribution < 1.29 is 27.8 Å². The Balaban J connectivity index is 1.28. The number of benzene rings is 4. The van der Waals surface area contributed by atoms with Crippen LogP contribution in [0.5, 0.6) is 0 Å². The van der Waals surface area contributed by atoms with E-state index < -0.39 is 28.0 Å². The van der Waals surface area contributed by atoms with Crippen LogP contribution < -0.4 is 20.7 Å². The zero-order valence-electron chi connectivity index (χ0n) is 43.0. The van der Waals surface area contributed by atoms with E-state index in [4.69, 9.17) is 27.8 Å². The molecule has 2 atom stereocenters. The molecule has 0 amide bonds. The second-order valence-electron chi connectivity index (χ2n) is 21.9. The molecule has 2 fully saturated rings. The molecule has 2 saturated heterocycles. The van der Waals surface area contributed by atoms with Gasteiger partial charge in [0.15, 0.2) is 11.6 Å². The van der Waals surface area contributed by atoms with Crippen LogP contribution in [0.15, 0.2) is 133 Å². The van der Waals surface area contributed by atoms with Crippen LogP contribution in [-0.4, -0.2) is 66.8 Å². The smallest absolute Gasteiger partial charge is 0.261 e. The summed E-state index contributed by atoms with van der Waals surface area (Å²) in [7, 11) is -5.79. The van der Waals surface area contributed by atoms with E-state index >= 15 is 0 Å². The van der Waals surface area contributed by atoms with Gasteiger partial charge in [0.2, 0.25) is 0 Å². The summed E-state index contributed by atoms with van der Waals surface area (Å²) in [6, 6.07) is 43.9. The predicted octanol–water partition coefficient (Wildman–Crippen LogP) is 12.7. The third-order valence-electron chi connectivity index (χ3n) is 14.5. The highest BCUT2D eigenvalue weighted by Gasteiger charge is 2.56. The molecule has 2 heterocycles. The summed E-state index contributed by atoms with van der Waals surface area (Å²) in [5.74, 6) is -1.24. The molecule has 0 aromatic heterocycles. The van der Waals surface area contributed by atoms with E-state index in [-0.39, 0.29) is 21.8 Å². The van der Waals surface area contributed by atoms with Crippen LogP contribution in [0.25, 0.3) is 0 Å². The average molecular weight is 948 g/mol. The summed E-state index contributed by atoms with van der Waals surface area (Å²) >= 11 is 0. The van der Waals surface area contributed by atoms with E-state index in [2.05, 4.69) is 196 Å². The second-order valence-corrected chi connectivity index (χ2v) is 30.5. The molecule has 0 spiro atoms. The zero-order chi connectivity index (χ0) is 47.9. The lowest BCUT2D eigenvalue weighted by molar-refractivity contribution is -0.333. The van der Waals surface area contributed by atoms with Crippen LogP contribution in [0.4, 0.5) is 0 Å². The fourth-order valence-corrected chi connectivity index (χ4v) is 20.2. The molecule has 2 aliphatic heterocycles. The van der Waals surface area contributed by atoms with Crippen molar-refractivity contribution in [2.45, 2.75) is 173 Å². The van der Waals surface area contributed by atoms with Crippen molar-refractivity contribution in [3.05, 3.63) is 133 Å². The van der Waals surface area contributed by atoms with Gasteiger partial charge in [0.05, 0.1) is 26.4 Å². The Labute approximate surface area is 408 Å². The Morgan fingerprint density at radius 2 is 0.985 bits per heavy atom. The molecule has 67 heavy (non-hydrogen) atoms. The van der Waals surface area contributed by atoms with E-state index in [0.29, 0.717) is 26.2 Å². The maximum atomic E-state index is 7.88. The summed E-state index contributed by atoms with van der Waals surface area (Å²) in [6.45, 7) is 23.4. The lowest BCUT2D eigenvalue weighted by Crippen LogP contribution is -2.69. The molecule has 6 nitrogen and oxygen atoms in total. The lowest BCUT2D eigenvalue weighted by Gasteiger charge is -2.52. The van der Waals surface area contributed by atoms with Crippen molar-refractivity contribution in [3.63, 3.8) is 0 Å². The molecule has 4 aromatic rings. The molecule has 0 saturated carbocycles. The summed E-state index contributed by atoms with van der Waals surface area (Å²) < 4.78 is 42.0. The lowest BCUT2D eigenvalue weighted by atomic mass is 9.83. The Bertz CT molecular complexity index is 1960. The van der Waals surface area contributed by atoms with Gasteiger partial charge in [-0.15, -0.1) is 0 Å². The van der Waals surface area contributed by atoms with Crippen molar-refractivity contribution >= 4 is 37.4 Å². The molecule has 1 unspecified atom stereocenters. The Morgan fingerprint density at radius 1 is 0.552 bits per heavy atom. The topological polar surface area (TPSA) is 55.4 Å². The molecular formula is C59H86O6Si2. The van der Waals surface area contributed by atoms with Gasteiger partial charge in [-0.1, -0.05) is 220 Å². The fraction of sp³-hybridized carbons (Fsp3) is 0.559. The third kappa shape index (κ3) is 13.2. The molecule has 0 aliphatic carbocycles. The Morgan fingerprint density at radius 3 is 1.43 bits per heavy atom. The summed E-state index contributed by atoms with van der Waals surface area (Å²) in [4.78, 5) is 0. The maximum absolute atomic E-state index is 7.88. The van der Waals surface area contributed by atoms with Gasteiger partial charge in [-0.2, -0.15) is 0 Å². The van der Waals surface area contributed by atoms with Crippen LogP contribution in [0, 0.1) is 5.92 Å². The SMILES string of the molecule is CCCCCCCC1(CCCCCC/C=C/[C@@H]2COC(C)(C)OC2(CCO[Si](c2ccccc2)(c2ccccc2)C(C)(C)C)CO[Si](c2ccccc2)(c2ccccc2)C(C)(C)C)OCCO1. The van der Waals surface area contributed by atoms with Gasteiger partial charge < -0.3 is 27.8 Å². The Kier molecular flexibility index (Phi) is 19.1. The highest BCUT2D eigenvalue weighted by atomic mass is 28.4. The summed E-state index contributed by atoms with van der Waals surface area (Å²) in [5.41, 5.74) is -0.747. The monoisotopic (exact) mass is 947 g/mol. The first-order valence-corrected chi connectivity index (χ1v) is 29.7. The van der Waals surface area contributed by atoms with E-state index in [1.807, 2.05) is 0 Å². The fourth-order valence-electron chi connectivity index (χ4n) is 11.0. The van der Waals surface area contributed by atoms with Gasteiger partial charge in [-0.3, -0.25) is 0 Å². The van der Waals surface area contributed by atoms with Gasteiger partial charge >= 0.3 is 0 Å². The molecule has 6 rings (SSSR count). The highest BCUT2D eigenvalue weighted by Crippen LogP contribution is 2.44.